The van der Waals surface area contributed by atoms with E-state index in [9.17, 15) is 4.79 Å². The maximum atomic E-state index is 12.6. The normalized spacial score (nSPS) is 16.6. The van der Waals surface area contributed by atoms with Crippen molar-refractivity contribution in [2.45, 2.75) is 58.8 Å². The first kappa shape index (κ1) is 17.2. The number of tetrazole rings is 1. The molecule has 134 valence electrons. The molecular weight excluding hydrogens is 322 g/mol. The maximum Gasteiger partial charge on any atom is 0.249 e. The van der Waals surface area contributed by atoms with E-state index in [0.29, 0.717) is 23.0 Å². The van der Waals surface area contributed by atoms with Crippen LogP contribution in [-0.2, 0) is 10.2 Å². The molecule has 1 aromatic heterocycles. The lowest BCUT2D eigenvalue weighted by atomic mass is 9.95. The first-order valence-corrected chi connectivity index (χ1v) is 8.18. The van der Waals surface area contributed by atoms with Gasteiger partial charge in [0.05, 0.1) is 0 Å². The molecule has 1 aliphatic heterocycles. The number of rotatable bonds is 3. The van der Waals surface area contributed by atoms with Gasteiger partial charge in [-0.05, 0) is 29.5 Å². The van der Waals surface area contributed by atoms with Gasteiger partial charge in [0.15, 0.2) is 17.3 Å². The van der Waals surface area contributed by atoms with Crippen molar-refractivity contribution >= 4 is 11.6 Å². The van der Waals surface area contributed by atoms with E-state index < -0.39 is 11.8 Å². The number of nitrogens with one attached hydrogen (secondary N) is 1. The van der Waals surface area contributed by atoms with Crippen LogP contribution < -0.4 is 14.8 Å². The number of hydrogen-bond acceptors (Lipinski definition) is 6. The van der Waals surface area contributed by atoms with Crippen molar-refractivity contribution in [3.8, 4) is 11.5 Å². The smallest absolute Gasteiger partial charge is 0.249 e. The fraction of sp³-hybridized carbons (Fsp3) is 0.529. The number of fused-ring (bicyclic) bond motifs is 1. The Morgan fingerprint density at radius 1 is 1.24 bits per heavy atom. The molecule has 0 radical (unpaired) electrons. The molecular formula is C17H23N5O3. The van der Waals surface area contributed by atoms with Gasteiger partial charge in [0.25, 0.3) is 0 Å². The molecule has 1 aromatic carbocycles. The number of nitrogens with zero attached hydrogens (tertiary/aromatic N) is 4. The van der Waals surface area contributed by atoms with Crippen molar-refractivity contribution in [3.63, 3.8) is 0 Å². The van der Waals surface area contributed by atoms with E-state index >= 15 is 0 Å². The minimum Gasteiger partial charge on any atom is -0.449 e. The van der Waals surface area contributed by atoms with Crippen LogP contribution in [0.5, 0.6) is 11.5 Å². The van der Waals surface area contributed by atoms with Gasteiger partial charge in [-0.1, -0.05) is 20.8 Å². The molecule has 8 heteroatoms. The summed E-state index contributed by atoms with van der Waals surface area (Å²) >= 11 is 0. The number of benzene rings is 1. The number of hydrogen-bond donors (Lipinski definition) is 1. The highest BCUT2D eigenvalue weighted by molar-refractivity contribution is 5.93. The average Bonchev–Trinajstić information content (AvgIpc) is 3.08. The van der Waals surface area contributed by atoms with E-state index in [4.69, 9.17) is 9.47 Å². The zero-order valence-electron chi connectivity index (χ0n) is 15.3. The topological polar surface area (TPSA) is 91.2 Å². The summed E-state index contributed by atoms with van der Waals surface area (Å²) in [6.45, 7) is 11.4. The van der Waals surface area contributed by atoms with Crippen LogP contribution in [0.25, 0.3) is 0 Å². The van der Waals surface area contributed by atoms with E-state index in [2.05, 4.69) is 20.8 Å². The second kappa shape index (κ2) is 5.72. The van der Waals surface area contributed by atoms with Crippen LogP contribution in [0.2, 0.25) is 0 Å². The van der Waals surface area contributed by atoms with Crippen molar-refractivity contribution in [3.05, 3.63) is 24.0 Å². The zero-order chi connectivity index (χ0) is 18.4. The molecule has 1 unspecified atom stereocenters. The molecule has 25 heavy (non-hydrogen) atoms. The van der Waals surface area contributed by atoms with Crippen LogP contribution in [-0.4, -0.2) is 31.9 Å². The number of carbonyl (C=O) groups excluding carboxylic acids is 1. The summed E-state index contributed by atoms with van der Waals surface area (Å²) in [5.74, 6) is 1.00. The molecule has 0 aliphatic carbocycles. The third-order valence-electron chi connectivity index (χ3n) is 3.83. The van der Waals surface area contributed by atoms with Gasteiger partial charge >= 0.3 is 0 Å². The molecule has 0 saturated heterocycles. The van der Waals surface area contributed by atoms with Crippen LogP contribution in [0, 0.1) is 0 Å². The van der Waals surface area contributed by atoms with Gasteiger partial charge in [-0.3, -0.25) is 4.79 Å². The monoisotopic (exact) mass is 345 g/mol. The molecule has 0 saturated carbocycles. The first-order chi connectivity index (χ1) is 11.6. The summed E-state index contributed by atoms with van der Waals surface area (Å²) in [6, 6.07) is 4.76. The third kappa shape index (κ3) is 3.42. The molecule has 0 spiro atoms. The molecule has 2 heterocycles. The Labute approximate surface area is 146 Å². The van der Waals surface area contributed by atoms with E-state index in [1.165, 1.54) is 0 Å². The second-order valence-corrected chi connectivity index (χ2v) is 7.63. The van der Waals surface area contributed by atoms with Crippen molar-refractivity contribution in [1.82, 2.24) is 20.2 Å². The summed E-state index contributed by atoms with van der Waals surface area (Å²) in [7, 11) is 0. The minimum absolute atomic E-state index is 0.212. The predicted octanol–water partition coefficient (Wildman–Crippen LogP) is 2.68. The van der Waals surface area contributed by atoms with Gasteiger partial charge < -0.3 is 14.8 Å². The van der Waals surface area contributed by atoms with E-state index in [-0.39, 0.29) is 11.3 Å². The van der Waals surface area contributed by atoms with E-state index in [0.717, 1.165) is 0 Å². The van der Waals surface area contributed by atoms with Gasteiger partial charge in [0, 0.05) is 31.0 Å². The van der Waals surface area contributed by atoms with Crippen LogP contribution >= 0.6 is 0 Å². The van der Waals surface area contributed by atoms with Crippen LogP contribution in [0.15, 0.2) is 18.2 Å². The highest BCUT2D eigenvalue weighted by Gasteiger charge is 2.32. The maximum absolute atomic E-state index is 12.6. The van der Waals surface area contributed by atoms with E-state index in [1.807, 2.05) is 34.6 Å². The lowest BCUT2D eigenvalue weighted by Crippen LogP contribution is -2.29. The lowest BCUT2D eigenvalue weighted by molar-refractivity contribution is -0.119. The van der Waals surface area contributed by atoms with Gasteiger partial charge in [-0.2, -0.15) is 0 Å². The molecule has 1 atom stereocenters. The zero-order valence-corrected chi connectivity index (χ0v) is 15.3. The van der Waals surface area contributed by atoms with Gasteiger partial charge in [0.1, 0.15) is 6.04 Å². The first-order valence-electron chi connectivity index (χ1n) is 8.18. The SMILES string of the molecule is CC(C(=O)Nc1ccc2c(c1)OC(C)(C)O2)n1nnnc1C(C)(C)C. The van der Waals surface area contributed by atoms with Gasteiger partial charge in [-0.25, -0.2) is 4.68 Å². The standard InChI is InChI=1S/C17H23N5O3/c1-10(22-15(16(2,3)4)19-20-21-22)14(23)18-11-7-8-12-13(9-11)25-17(5,6)24-12/h7-10H,1-6H3,(H,18,23). The quantitative estimate of drug-likeness (QED) is 0.919. The number of carbonyl (C=O) groups is 1. The molecule has 1 aliphatic rings. The largest absolute Gasteiger partial charge is 0.449 e. The van der Waals surface area contributed by atoms with Crippen molar-refractivity contribution < 1.29 is 14.3 Å². The molecule has 0 fully saturated rings. The molecule has 1 amide bonds. The van der Waals surface area contributed by atoms with Crippen molar-refractivity contribution in [2.75, 3.05) is 5.32 Å². The van der Waals surface area contributed by atoms with Gasteiger partial charge in [0.2, 0.25) is 11.7 Å². The average molecular weight is 345 g/mol. The minimum atomic E-state index is -0.702. The molecule has 2 aromatic rings. The third-order valence-corrected chi connectivity index (χ3v) is 3.83. The second-order valence-electron chi connectivity index (χ2n) is 7.63. The number of amides is 1. The highest BCUT2D eigenvalue weighted by Crippen LogP contribution is 2.40. The molecule has 8 nitrogen and oxygen atoms in total. The van der Waals surface area contributed by atoms with Crippen molar-refractivity contribution in [1.29, 1.82) is 0 Å². The number of anilines is 1. The Hall–Kier alpha value is -2.64. The number of aromatic nitrogens is 4. The fourth-order valence-corrected chi connectivity index (χ4v) is 2.61. The molecule has 3 rings (SSSR count). The van der Waals surface area contributed by atoms with Crippen molar-refractivity contribution in [2.24, 2.45) is 0 Å². The number of ether oxygens (including phenoxy) is 2. The van der Waals surface area contributed by atoms with Crippen LogP contribution in [0.4, 0.5) is 5.69 Å². The van der Waals surface area contributed by atoms with Crippen LogP contribution in [0.3, 0.4) is 0 Å². The molecule has 1 N–H and O–H groups in total. The van der Waals surface area contributed by atoms with Gasteiger partial charge in [-0.15, -0.1) is 5.10 Å². The predicted molar refractivity (Wildman–Crippen MR) is 91.6 cm³/mol. The highest BCUT2D eigenvalue weighted by atomic mass is 16.7. The Morgan fingerprint density at radius 3 is 2.60 bits per heavy atom. The Kier molecular flexibility index (Phi) is 3.93. The summed E-state index contributed by atoms with van der Waals surface area (Å²) < 4.78 is 12.9. The summed E-state index contributed by atoms with van der Waals surface area (Å²) in [6.07, 6.45) is 0. The lowest BCUT2D eigenvalue weighted by Gasteiger charge is -2.20. The summed E-state index contributed by atoms with van der Waals surface area (Å²) in [5, 5.41) is 14.6. The van der Waals surface area contributed by atoms with Crippen LogP contribution in [0.1, 0.15) is 53.4 Å². The molecule has 0 bridgehead atoms. The van der Waals surface area contributed by atoms with E-state index in [1.54, 1.807) is 29.8 Å². The Morgan fingerprint density at radius 2 is 1.92 bits per heavy atom. The Balaban J connectivity index is 1.77. The summed E-state index contributed by atoms with van der Waals surface area (Å²) in [5.41, 5.74) is 0.366. The summed E-state index contributed by atoms with van der Waals surface area (Å²) in [4.78, 5) is 12.6. The fourth-order valence-electron chi connectivity index (χ4n) is 2.61. The Bertz CT molecular complexity index is 807.